The van der Waals surface area contributed by atoms with Gasteiger partial charge >= 0.3 is 0 Å². The van der Waals surface area contributed by atoms with Crippen LogP contribution in [0.3, 0.4) is 0 Å². The number of carbonyl (C=O) groups excluding carboxylic acids is 2. The van der Waals surface area contributed by atoms with Crippen molar-refractivity contribution in [1.29, 1.82) is 0 Å². The van der Waals surface area contributed by atoms with Crippen LogP contribution >= 0.6 is 0 Å². The van der Waals surface area contributed by atoms with Crippen LogP contribution < -0.4 is 10.6 Å². The molecule has 2 amide bonds. The van der Waals surface area contributed by atoms with Crippen molar-refractivity contribution < 1.29 is 14.0 Å². The van der Waals surface area contributed by atoms with Crippen molar-refractivity contribution in [2.45, 2.75) is 6.54 Å². The van der Waals surface area contributed by atoms with Crippen LogP contribution in [0.4, 0.5) is 10.2 Å². The molecular formula is C13H11FN4O2. The van der Waals surface area contributed by atoms with E-state index in [9.17, 15) is 14.0 Å². The summed E-state index contributed by atoms with van der Waals surface area (Å²) in [6.45, 7) is 0.250. The summed E-state index contributed by atoms with van der Waals surface area (Å²) >= 11 is 0. The van der Waals surface area contributed by atoms with Crippen LogP contribution in [0.2, 0.25) is 0 Å². The van der Waals surface area contributed by atoms with E-state index < -0.39 is 5.91 Å². The summed E-state index contributed by atoms with van der Waals surface area (Å²) < 4.78 is 12.7. The Morgan fingerprint density at radius 2 is 2.00 bits per heavy atom. The zero-order valence-corrected chi connectivity index (χ0v) is 10.3. The molecule has 2 N–H and O–H groups in total. The highest BCUT2D eigenvalue weighted by Crippen LogP contribution is 2.05. The lowest BCUT2D eigenvalue weighted by Gasteiger charge is -2.05. The molecule has 0 atom stereocenters. The Morgan fingerprint density at radius 1 is 1.25 bits per heavy atom. The van der Waals surface area contributed by atoms with E-state index >= 15 is 0 Å². The number of carbonyl (C=O) groups is 2. The molecule has 0 bridgehead atoms. The van der Waals surface area contributed by atoms with Gasteiger partial charge in [0.1, 0.15) is 23.7 Å². The molecule has 0 saturated heterocycles. The first-order chi connectivity index (χ1) is 9.69. The zero-order valence-electron chi connectivity index (χ0n) is 10.3. The van der Waals surface area contributed by atoms with Crippen molar-refractivity contribution in [2.24, 2.45) is 0 Å². The van der Waals surface area contributed by atoms with Gasteiger partial charge in [0, 0.05) is 12.6 Å². The minimum absolute atomic E-state index is 0.131. The van der Waals surface area contributed by atoms with Gasteiger partial charge in [-0.2, -0.15) is 0 Å². The Kier molecular flexibility index (Phi) is 4.33. The Morgan fingerprint density at radius 3 is 2.70 bits per heavy atom. The highest BCUT2D eigenvalue weighted by atomic mass is 19.1. The number of halogens is 1. The second kappa shape index (κ2) is 6.37. The van der Waals surface area contributed by atoms with Crippen LogP contribution in [-0.4, -0.2) is 22.3 Å². The molecule has 0 fully saturated rings. The van der Waals surface area contributed by atoms with Crippen LogP contribution in [0.25, 0.3) is 0 Å². The van der Waals surface area contributed by atoms with Gasteiger partial charge in [0.15, 0.2) is 0 Å². The Bertz CT molecular complexity index is 616. The second-order valence-electron chi connectivity index (χ2n) is 3.86. The summed E-state index contributed by atoms with van der Waals surface area (Å²) in [7, 11) is 0. The molecular weight excluding hydrogens is 263 g/mol. The van der Waals surface area contributed by atoms with E-state index in [0.29, 0.717) is 6.41 Å². The molecule has 102 valence electrons. The minimum Gasteiger partial charge on any atom is -0.347 e. The van der Waals surface area contributed by atoms with Crippen LogP contribution in [-0.2, 0) is 11.3 Å². The fourth-order valence-corrected chi connectivity index (χ4v) is 1.50. The number of amides is 2. The van der Waals surface area contributed by atoms with Gasteiger partial charge in [-0.05, 0) is 17.7 Å². The molecule has 6 nitrogen and oxygen atoms in total. The van der Waals surface area contributed by atoms with Crippen LogP contribution in [0.1, 0.15) is 16.1 Å². The van der Waals surface area contributed by atoms with Crippen LogP contribution in [0.5, 0.6) is 0 Å². The smallest absolute Gasteiger partial charge is 0.270 e. The van der Waals surface area contributed by atoms with Gasteiger partial charge in [-0.25, -0.2) is 14.4 Å². The molecule has 0 radical (unpaired) electrons. The molecule has 0 aliphatic carbocycles. The predicted octanol–water partition coefficient (Wildman–Crippen LogP) is 1.11. The monoisotopic (exact) mass is 274 g/mol. The third-order valence-corrected chi connectivity index (χ3v) is 2.47. The second-order valence-corrected chi connectivity index (χ2v) is 3.86. The number of benzene rings is 1. The van der Waals surface area contributed by atoms with Gasteiger partial charge in [0.25, 0.3) is 5.91 Å². The first-order valence-corrected chi connectivity index (χ1v) is 5.74. The average Bonchev–Trinajstić information content (AvgIpc) is 2.47. The normalized spacial score (nSPS) is 9.85. The Hall–Kier alpha value is -2.83. The van der Waals surface area contributed by atoms with Crippen molar-refractivity contribution in [3.05, 3.63) is 53.7 Å². The number of aromatic nitrogens is 2. The van der Waals surface area contributed by atoms with Gasteiger partial charge in [0.2, 0.25) is 6.41 Å². The van der Waals surface area contributed by atoms with Gasteiger partial charge in [-0.15, -0.1) is 0 Å². The van der Waals surface area contributed by atoms with E-state index in [1.807, 2.05) is 0 Å². The third-order valence-electron chi connectivity index (χ3n) is 2.47. The largest absolute Gasteiger partial charge is 0.347 e. The van der Waals surface area contributed by atoms with Gasteiger partial charge in [-0.1, -0.05) is 12.1 Å². The minimum atomic E-state index is -0.411. The van der Waals surface area contributed by atoms with Crippen molar-refractivity contribution >= 4 is 18.1 Å². The first-order valence-electron chi connectivity index (χ1n) is 5.74. The predicted molar refractivity (Wildman–Crippen MR) is 69.3 cm³/mol. The number of rotatable bonds is 5. The van der Waals surface area contributed by atoms with E-state index in [2.05, 4.69) is 20.6 Å². The Balaban J connectivity index is 1.99. The number of nitrogens with one attached hydrogen (secondary N) is 2. The summed E-state index contributed by atoms with van der Waals surface area (Å²) in [5.41, 5.74) is 0.895. The highest BCUT2D eigenvalue weighted by molar-refractivity contribution is 5.93. The molecule has 1 heterocycles. The molecule has 0 saturated carbocycles. The van der Waals surface area contributed by atoms with E-state index in [-0.39, 0.29) is 23.9 Å². The van der Waals surface area contributed by atoms with E-state index in [4.69, 9.17) is 0 Å². The molecule has 0 unspecified atom stereocenters. The molecule has 0 aliphatic heterocycles. The standard InChI is InChI=1S/C13H11FN4O2/c14-10-3-1-9(2-4-10)6-15-13(20)11-5-12(18-8-19)17-7-16-11/h1-5,7-8H,6H2,(H,15,20)(H,16,17,18,19). The number of hydrogen-bond donors (Lipinski definition) is 2. The molecule has 0 spiro atoms. The van der Waals surface area contributed by atoms with Crippen LogP contribution in [0, 0.1) is 5.82 Å². The molecule has 1 aromatic carbocycles. The summed E-state index contributed by atoms with van der Waals surface area (Å²) in [6, 6.07) is 7.15. The maximum absolute atomic E-state index is 12.7. The number of nitrogens with zero attached hydrogens (tertiary/aromatic N) is 2. The Labute approximate surface area is 114 Å². The van der Waals surface area contributed by atoms with Crippen molar-refractivity contribution in [1.82, 2.24) is 15.3 Å². The topological polar surface area (TPSA) is 84.0 Å². The fraction of sp³-hybridized carbons (Fsp3) is 0.0769. The molecule has 2 aromatic rings. The first kappa shape index (κ1) is 13.6. The van der Waals surface area contributed by atoms with E-state index in [1.54, 1.807) is 12.1 Å². The van der Waals surface area contributed by atoms with Gasteiger partial charge in [0.05, 0.1) is 0 Å². The van der Waals surface area contributed by atoms with Crippen LogP contribution in [0.15, 0.2) is 36.7 Å². The SMILES string of the molecule is O=CNc1cc(C(=O)NCc2ccc(F)cc2)ncn1. The number of anilines is 1. The summed E-state index contributed by atoms with van der Waals surface area (Å²) in [5.74, 6) is -0.506. The van der Waals surface area contributed by atoms with Gasteiger partial charge in [-0.3, -0.25) is 9.59 Å². The lowest BCUT2D eigenvalue weighted by atomic mass is 10.2. The lowest BCUT2D eigenvalue weighted by molar-refractivity contribution is -0.105. The maximum Gasteiger partial charge on any atom is 0.270 e. The van der Waals surface area contributed by atoms with Crippen molar-refractivity contribution in [2.75, 3.05) is 5.32 Å². The maximum atomic E-state index is 12.7. The third kappa shape index (κ3) is 3.58. The van der Waals surface area contributed by atoms with E-state index in [1.165, 1.54) is 24.5 Å². The average molecular weight is 274 g/mol. The summed E-state index contributed by atoms with van der Waals surface area (Å²) in [5, 5.41) is 4.97. The molecule has 2 rings (SSSR count). The fourth-order valence-electron chi connectivity index (χ4n) is 1.50. The number of hydrogen-bond acceptors (Lipinski definition) is 4. The quantitative estimate of drug-likeness (QED) is 0.800. The van der Waals surface area contributed by atoms with Crippen molar-refractivity contribution in [3.8, 4) is 0 Å². The summed E-state index contributed by atoms with van der Waals surface area (Å²) in [4.78, 5) is 29.7. The molecule has 0 aliphatic rings. The van der Waals surface area contributed by atoms with Crippen molar-refractivity contribution in [3.63, 3.8) is 0 Å². The van der Waals surface area contributed by atoms with E-state index in [0.717, 1.165) is 5.56 Å². The molecule has 7 heteroatoms. The lowest BCUT2D eigenvalue weighted by Crippen LogP contribution is -2.24. The molecule has 1 aromatic heterocycles. The highest BCUT2D eigenvalue weighted by Gasteiger charge is 2.08. The molecule has 20 heavy (non-hydrogen) atoms. The summed E-state index contributed by atoms with van der Waals surface area (Å²) in [6.07, 6.45) is 1.64. The van der Waals surface area contributed by atoms with Gasteiger partial charge < -0.3 is 10.6 Å². The zero-order chi connectivity index (χ0) is 14.4.